The van der Waals surface area contributed by atoms with Gasteiger partial charge < -0.3 is 25.0 Å². The molecule has 196 valence electrons. The van der Waals surface area contributed by atoms with Crippen LogP contribution in [0.3, 0.4) is 0 Å². The molecular formula is C26H32ClN7O3. The van der Waals surface area contributed by atoms with E-state index in [4.69, 9.17) is 26.8 Å². The highest BCUT2D eigenvalue weighted by Crippen LogP contribution is 2.51. The minimum absolute atomic E-state index is 0.208. The molecule has 11 heteroatoms. The molecule has 2 aromatic heterocycles. The molecule has 6 rings (SSSR count). The minimum Gasteiger partial charge on any atom is -0.378 e. The molecule has 4 heterocycles. The zero-order chi connectivity index (χ0) is 25.4. The lowest BCUT2D eigenvalue weighted by atomic mass is 9.62. The number of aromatic nitrogens is 3. The predicted octanol–water partition coefficient (Wildman–Crippen LogP) is 2.13. The summed E-state index contributed by atoms with van der Waals surface area (Å²) in [5.74, 6) is 0.431. The second-order valence-corrected chi connectivity index (χ2v) is 10.3. The Bertz CT molecular complexity index is 1350. The van der Waals surface area contributed by atoms with Crippen molar-refractivity contribution in [3.8, 4) is 0 Å². The fourth-order valence-electron chi connectivity index (χ4n) is 5.54. The van der Waals surface area contributed by atoms with Crippen LogP contribution in [0.4, 0.5) is 5.69 Å². The van der Waals surface area contributed by atoms with Crippen LogP contribution in [0.15, 0.2) is 40.1 Å². The monoisotopic (exact) mass is 525 g/mol. The third kappa shape index (κ3) is 4.47. The molecule has 2 saturated heterocycles. The van der Waals surface area contributed by atoms with Gasteiger partial charge in [-0.15, -0.1) is 0 Å². The van der Waals surface area contributed by atoms with E-state index in [-0.39, 0.29) is 17.5 Å². The van der Waals surface area contributed by atoms with Crippen molar-refractivity contribution in [2.75, 3.05) is 57.5 Å². The first kappa shape index (κ1) is 24.3. The highest BCUT2D eigenvalue weighted by atomic mass is 35.5. The summed E-state index contributed by atoms with van der Waals surface area (Å²) in [6, 6.07) is 10.2. The van der Waals surface area contributed by atoms with Crippen molar-refractivity contribution >= 4 is 28.9 Å². The van der Waals surface area contributed by atoms with E-state index >= 15 is 0 Å². The van der Waals surface area contributed by atoms with Crippen LogP contribution in [-0.4, -0.2) is 78.1 Å². The van der Waals surface area contributed by atoms with E-state index in [1.807, 2.05) is 4.90 Å². The molecule has 10 nitrogen and oxygen atoms in total. The summed E-state index contributed by atoms with van der Waals surface area (Å²) in [6.45, 7) is 6.17. The molecular weight excluding hydrogens is 494 g/mol. The van der Waals surface area contributed by atoms with E-state index in [2.05, 4.69) is 44.2 Å². The van der Waals surface area contributed by atoms with Gasteiger partial charge in [0.1, 0.15) is 5.02 Å². The minimum atomic E-state index is -0.264. The maximum atomic E-state index is 13.0. The first-order valence-electron chi connectivity index (χ1n) is 12.9. The number of fused-ring (bicyclic) bond motifs is 1. The third-order valence-corrected chi connectivity index (χ3v) is 8.19. The average molecular weight is 526 g/mol. The number of nitrogens with two attached hydrogens (primary N) is 1. The van der Waals surface area contributed by atoms with Gasteiger partial charge in [0.15, 0.2) is 11.6 Å². The number of hydrogen-bond donors (Lipinski definition) is 2. The van der Waals surface area contributed by atoms with Crippen LogP contribution in [0.1, 0.15) is 36.2 Å². The van der Waals surface area contributed by atoms with Crippen molar-refractivity contribution in [1.82, 2.24) is 19.5 Å². The van der Waals surface area contributed by atoms with Crippen molar-refractivity contribution in [3.05, 3.63) is 62.7 Å². The molecule has 0 atom stereocenters. The smallest absolute Gasteiger partial charge is 0.273 e. The van der Waals surface area contributed by atoms with E-state index in [9.17, 15) is 4.79 Å². The summed E-state index contributed by atoms with van der Waals surface area (Å²) in [4.78, 5) is 26.5. The quantitative estimate of drug-likeness (QED) is 0.387. The molecule has 1 saturated carbocycles. The van der Waals surface area contributed by atoms with Crippen LogP contribution in [0, 0.1) is 0 Å². The zero-order valence-corrected chi connectivity index (χ0v) is 21.5. The number of nitrogens with one attached hydrogen (secondary N) is 1. The molecule has 0 unspecified atom stereocenters. The Morgan fingerprint density at radius 2 is 1.76 bits per heavy atom. The number of anilines is 1. The Labute approximate surface area is 220 Å². The van der Waals surface area contributed by atoms with E-state index < -0.39 is 0 Å². The molecule has 2 aliphatic heterocycles. The van der Waals surface area contributed by atoms with Crippen molar-refractivity contribution in [2.24, 2.45) is 10.7 Å². The van der Waals surface area contributed by atoms with Gasteiger partial charge in [-0.2, -0.15) is 4.52 Å². The molecule has 37 heavy (non-hydrogen) atoms. The highest BCUT2D eigenvalue weighted by Gasteiger charge is 2.44. The Balaban J connectivity index is 1.29. The summed E-state index contributed by atoms with van der Waals surface area (Å²) in [5.41, 5.74) is 9.87. The number of hydrogen-bond acceptors (Lipinski definition) is 6. The summed E-state index contributed by atoms with van der Waals surface area (Å²) >= 11 is 6.93. The number of halogens is 1. The molecule has 0 amide bonds. The van der Waals surface area contributed by atoms with E-state index in [0.29, 0.717) is 48.6 Å². The van der Waals surface area contributed by atoms with E-state index in [0.717, 1.165) is 51.3 Å². The Morgan fingerprint density at radius 3 is 2.41 bits per heavy atom. The Morgan fingerprint density at radius 1 is 1.08 bits per heavy atom. The fourth-order valence-corrected chi connectivity index (χ4v) is 5.89. The Hall–Kier alpha value is -3.08. The van der Waals surface area contributed by atoms with Gasteiger partial charge in [0.2, 0.25) is 0 Å². The number of ether oxygens (including phenoxy) is 2. The number of aromatic amines is 1. The maximum Gasteiger partial charge on any atom is 0.273 e. The average Bonchev–Trinajstić information content (AvgIpc) is 3.25. The van der Waals surface area contributed by atoms with Crippen LogP contribution < -0.4 is 16.2 Å². The number of H-pyrrole nitrogens is 1. The van der Waals surface area contributed by atoms with Crippen molar-refractivity contribution in [3.63, 3.8) is 0 Å². The summed E-state index contributed by atoms with van der Waals surface area (Å²) in [7, 11) is 0. The molecule has 0 radical (unpaired) electrons. The van der Waals surface area contributed by atoms with E-state index in [1.54, 1.807) is 0 Å². The van der Waals surface area contributed by atoms with Gasteiger partial charge in [-0.05, 0) is 30.5 Å². The number of rotatable bonds is 5. The van der Waals surface area contributed by atoms with Crippen LogP contribution in [0.2, 0.25) is 5.02 Å². The summed E-state index contributed by atoms with van der Waals surface area (Å²) < 4.78 is 12.3. The maximum absolute atomic E-state index is 13.0. The number of morpholine rings is 2. The molecule has 3 aromatic rings. The molecule has 0 spiro atoms. The normalized spacial score (nSPS) is 20.3. The summed E-state index contributed by atoms with van der Waals surface area (Å²) in [5, 5.41) is 3.78. The van der Waals surface area contributed by atoms with Gasteiger partial charge in [-0.1, -0.05) is 30.2 Å². The van der Waals surface area contributed by atoms with Crippen molar-refractivity contribution < 1.29 is 9.47 Å². The predicted molar refractivity (Wildman–Crippen MR) is 143 cm³/mol. The SMILES string of the molecule is NC(=NCc1cc(=O)n2[nH]c(C3(c4ccc(N5CCOCC5)cc4)CCC3)c(Cl)c2n1)N1CCOCC1. The van der Waals surface area contributed by atoms with Crippen molar-refractivity contribution in [1.29, 1.82) is 0 Å². The highest BCUT2D eigenvalue weighted by molar-refractivity contribution is 6.34. The number of nitrogens with zero attached hydrogens (tertiary/aromatic N) is 5. The molecule has 3 fully saturated rings. The van der Waals surface area contributed by atoms with Crippen LogP contribution in [0.25, 0.3) is 5.65 Å². The van der Waals surface area contributed by atoms with Crippen molar-refractivity contribution in [2.45, 2.75) is 31.2 Å². The number of guanidine groups is 1. The Kier molecular flexibility index (Phi) is 6.56. The number of benzene rings is 1. The topological polar surface area (TPSA) is 113 Å². The standard InChI is InChI=1S/C26H32ClN7O3/c27-22-23(26(6-1-7-26)18-2-4-20(5-3-18)32-8-12-36-13-9-32)31-34-21(35)16-19(30-24(22)34)17-29-25(28)33-10-14-37-15-11-33/h2-5,16,31H,1,6-15,17H2,(H2,28,29). The molecule has 3 aliphatic rings. The van der Waals surface area contributed by atoms with Crippen LogP contribution >= 0.6 is 11.6 Å². The zero-order valence-electron chi connectivity index (χ0n) is 20.8. The lowest BCUT2D eigenvalue weighted by molar-refractivity contribution is 0.0674. The van der Waals surface area contributed by atoms with Gasteiger partial charge in [-0.25, -0.2) is 9.98 Å². The third-order valence-electron chi connectivity index (χ3n) is 7.83. The van der Waals surface area contributed by atoms with Gasteiger partial charge in [0.05, 0.1) is 44.4 Å². The van der Waals surface area contributed by atoms with Gasteiger partial charge in [0, 0.05) is 43.3 Å². The largest absolute Gasteiger partial charge is 0.378 e. The van der Waals surface area contributed by atoms with Gasteiger partial charge in [-0.3, -0.25) is 9.89 Å². The molecule has 3 N–H and O–H groups in total. The second-order valence-electron chi connectivity index (χ2n) is 9.90. The van der Waals surface area contributed by atoms with Crippen LogP contribution in [-0.2, 0) is 21.4 Å². The lowest BCUT2D eigenvalue weighted by Gasteiger charge is -2.42. The lowest BCUT2D eigenvalue weighted by Crippen LogP contribution is -2.44. The van der Waals surface area contributed by atoms with Crippen LogP contribution in [0.5, 0.6) is 0 Å². The summed E-state index contributed by atoms with van der Waals surface area (Å²) in [6.07, 6.45) is 3.01. The van der Waals surface area contributed by atoms with Gasteiger partial charge >= 0.3 is 0 Å². The first-order chi connectivity index (χ1) is 18.0. The first-order valence-corrected chi connectivity index (χ1v) is 13.3. The molecule has 1 aliphatic carbocycles. The molecule has 1 aromatic carbocycles. The molecule has 0 bridgehead atoms. The van der Waals surface area contributed by atoms with Gasteiger partial charge in [0.25, 0.3) is 5.56 Å². The fraction of sp³-hybridized carbons (Fsp3) is 0.500. The number of aliphatic imine (C=N–C) groups is 1. The second kappa shape index (κ2) is 10.00. The van der Waals surface area contributed by atoms with E-state index in [1.165, 1.54) is 21.8 Å².